The molecule has 1 aliphatic heterocycles. The molecule has 1 N–H and O–H groups in total. The van der Waals surface area contributed by atoms with Gasteiger partial charge in [-0.15, -0.1) is 0 Å². The van der Waals surface area contributed by atoms with Gasteiger partial charge in [0.1, 0.15) is 0 Å². The van der Waals surface area contributed by atoms with Gasteiger partial charge in [0.2, 0.25) is 0 Å². The summed E-state index contributed by atoms with van der Waals surface area (Å²) in [7, 11) is 4.15. The second-order valence-electron chi connectivity index (χ2n) is 8.73. The maximum Gasteiger partial charge on any atom is 0.317 e. The van der Waals surface area contributed by atoms with E-state index in [0.29, 0.717) is 18.4 Å². The van der Waals surface area contributed by atoms with Crippen molar-refractivity contribution in [2.45, 2.75) is 64.5 Å². The highest BCUT2D eigenvalue weighted by Crippen LogP contribution is 2.35. The number of likely N-dealkylation sites (tertiary alicyclic amines) is 1. The molecule has 0 aromatic carbocycles. The van der Waals surface area contributed by atoms with Gasteiger partial charge in [0.25, 0.3) is 0 Å². The van der Waals surface area contributed by atoms with Gasteiger partial charge in [0, 0.05) is 38.1 Å². The van der Waals surface area contributed by atoms with Gasteiger partial charge in [-0.1, -0.05) is 13.5 Å². The van der Waals surface area contributed by atoms with E-state index in [4.69, 9.17) is 0 Å². The molecule has 0 spiro atoms. The van der Waals surface area contributed by atoms with Crippen LogP contribution in [0.25, 0.3) is 0 Å². The number of fused-ring (bicyclic) bond motifs is 1. The Kier molecular flexibility index (Phi) is 8.96. The first-order valence-electron chi connectivity index (χ1n) is 11.0. The van der Waals surface area contributed by atoms with Gasteiger partial charge in [-0.05, 0) is 77.7 Å². The number of amides is 2. The Morgan fingerprint density at radius 1 is 1.21 bits per heavy atom. The van der Waals surface area contributed by atoms with Crippen LogP contribution >= 0.6 is 0 Å². The quantitative estimate of drug-likeness (QED) is 0.484. The Bertz CT molecular complexity index is 549. The summed E-state index contributed by atoms with van der Waals surface area (Å²) >= 11 is 0. The summed E-state index contributed by atoms with van der Waals surface area (Å²) in [4.78, 5) is 31.6. The Balaban J connectivity index is 1.91. The molecular weight excluding hydrogens is 352 g/mol. The molecule has 28 heavy (non-hydrogen) atoms. The highest BCUT2D eigenvalue weighted by Gasteiger charge is 2.41. The molecule has 2 fully saturated rings. The molecule has 6 heteroatoms. The fraction of sp³-hybridized carbons (Fsp3) is 0.818. The SMILES string of the molecule is C=C1C[C@@H]2[C@@H](CC1=O)C[C@H](NC(=O)N(CC)CCCCN(C)C)CN2CCC. The fourth-order valence-electron chi connectivity index (χ4n) is 4.63. The first-order chi connectivity index (χ1) is 13.3. The molecule has 160 valence electrons. The second kappa shape index (κ2) is 11.0. The van der Waals surface area contributed by atoms with Crippen molar-refractivity contribution < 1.29 is 9.59 Å². The minimum Gasteiger partial charge on any atom is -0.334 e. The summed E-state index contributed by atoms with van der Waals surface area (Å²) in [6.45, 7) is 12.7. The maximum atomic E-state index is 12.8. The first-order valence-corrected chi connectivity index (χ1v) is 11.0. The van der Waals surface area contributed by atoms with Gasteiger partial charge in [-0.3, -0.25) is 9.69 Å². The zero-order chi connectivity index (χ0) is 20.7. The van der Waals surface area contributed by atoms with Crippen LogP contribution in [0.5, 0.6) is 0 Å². The molecule has 2 aliphatic rings. The summed E-state index contributed by atoms with van der Waals surface area (Å²) in [6, 6.07) is 0.570. The number of piperidine rings is 1. The number of ketones is 1. The van der Waals surface area contributed by atoms with Crippen molar-refractivity contribution in [1.82, 2.24) is 20.0 Å². The van der Waals surface area contributed by atoms with Crippen molar-refractivity contribution >= 4 is 11.8 Å². The molecule has 1 aliphatic carbocycles. The first kappa shape index (κ1) is 22.9. The van der Waals surface area contributed by atoms with Crippen LogP contribution in [0.3, 0.4) is 0 Å². The summed E-state index contributed by atoms with van der Waals surface area (Å²) < 4.78 is 0. The zero-order valence-electron chi connectivity index (χ0n) is 18.4. The summed E-state index contributed by atoms with van der Waals surface area (Å²) in [5.41, 5.74) is 0.778. The van der Waals surface area contributed by atoms with Crippen molar-refractivity contribution in [3.8, 4) is 0 Å². The van der Waals surface area contributed by atoms with E-state index in [1.165, 1.54) is 0 Å². The Morgan fingerprint density at radius 2 is 1.93 bits per heavy atom. The van der Waals surface area contributed by atoms with E-state index in [-0.39, 0.29) is 17.9 Å². The number of Topliss-reactive ketones (excluding diaryl/α,β-unsaturated/α-hetero) is 1. The highest BCUT2D eigenvalue weighted by atomic mass is 16.2. The topological polar surface area (TPSA) is 55.9 Å². The van der Waals surface area contributed by atoms with Gasteiger partial charge >= 0.3 is 6.03 Å². The lowest BCUT2D eigenvalue weighted by atomic mass is 9.74. The summed E-state index contributed by atoms with van der Waals surface area (Å²) in [6.07, 6.45) is 5.47. The van der Waals surface area contributed by atoms with Gasteiger partial charge < -0.3 is 15.1 Å². The number of nitrogens with one attached hydrogen (secondary N) is 1. The van der Waals surface area contributed by atoms with Crippen molar-refractivity contribution in [3.63, 3.8) is 0 Å². The molecule has 0 aromatic rings. The normalized spacial score (nSPS) is 25.7. The molecule has 1 saturated carbocycles. The number of hydrogen-bond donors (Lipinski definition) is 1. The Morgan fingerprint density at radius 3 is 2.57 bits per heavy atom. The lowest BCUT2D eigenvalue weighted by molar-refractivity contribution is -0.119. The standard InChI is InChI=1S/C22H40N4O2/c1-6-10-26-16-19(14-18-15-21(27)17(3)13-20(18)26)23-22(28)25(7-2)12-9-8-11-24(4)5/h18-20H,3,6-16H2,1-2,4-5H3,(H,23,28)/t18-,19+,20-/m1/s1. The third-order valence-corrected chi connectivity index (χ3v) is 6.14. The molecule has 2 rings (SSSR count). The van der Waals surface area contributed by atoms with Crippen molar-refractivity contribution in [1.29, 1.82) is 0 Å². The van der Waals surface area contributed by atoms with E-state index in [1.54, 1.807) is 0 Å². The molecule has 0 bridgehead atoms. The molecule has 6 nitrogen and oxygen atoms in total. The van der Waals surface area contributed by atoms with Crippen LogP contribution in [-0.4, -0.2) is 85.4 Å². The lowest BCUT2D eigenvalue weighted by Crippen LogP contribution is -2.59. The average molecular weight is 393 g/mol. The highest BCUT2D eigenvalue weighted by molar-refractivity contribution is 5.95. The van der Waals surface area contributed by atoms with E-state index >= 15 is 0 Å². The van der Waals surface area contributed by atoms with Crippen molar-refractivity contribution in [3.05, 3.63) is 12.2 Å². The predicted molar refractivity (Wildman–Crippen MR) is 114 cm³/mol. The van der Waals surface area contributed by atoms with E-state index in [0.717, 1.165) is 70.4 Å². The molecule has 0 unspecified atom stereocenters. The largest absolute Gasteiger partial charge is 0.334 e. The van der Waals surface area contributed by atoms with Crippen LogP contribution in [0.2, 0.25) is 0 Å². The Labute approximate surface area is 171 Å². The van der Waals surface area contributed by atoms with Crippen LogP contribution in [0, 0.1) is 5.92 Å². The van der Waals surface area contributed by atoms with Crippen LogP contribution in [0.1, 0.15) is 52.4 Å². The van der Waals surface area contributed by atoms with E-state index < -0.39 is 0 Å². The van der Waals surface area contributed by atoms with E-state index in [2.05, 4.69) is 42.7 Å². The smallest absolute Gasteiger partial charge is 0.317 e. The molecule has 3 atom stereocenters. The third kappa shape index (κ3) is 6.31. The number of carbonyl (C=O) groups excluding carboxylic acids is 2. The van der Waals surface area contributed by atoms with Gasteiger partial charge in [-0.2, -0.15) is 0 Å². The molecule has 0 radical (unpaired) electrons. The second-order valence-corrected chi connectivity index (χ2v) is 8.73. The number of carbonyl (C=O) groups is 2. The minimum absolute atomic E-state index is 0.0406. The molecule has 1 heterocycles. The zero-order valence-corrected chi connectivity index (χ0v) is 18.4. The Hall–Kier alpha value is -1.40. The van der Waals surface area contributed by atoms with Crippen LogP contribution < -0.4 is 5.32 Å². The van der Waals surface area contributed by atoms with Crippen molar-refractivity contribution in [2.24, 2.45) is 5.92 Å². The summed E-state index contributed by atoms with van der Waals surface area (Å²) in [5, 5.41) is 3.27. The maximum absolute atomic E-state index is 12.8. The summed E-state index contributed by atoms with van der Waals surface area (Å²) in [5.74, 6) is 0.541. The number of unbranched alkanes of at least 4 members (excludes halogenated alkanes) is 1. The van der Waals surface area contributed by atoms with Gasteiger partial charge in [0.05, 0.1) is 0 Å². The van der Waals surface area contributed by atoms with Crippen LogP contribution in [-0.2, 0) is 4.79 Å². The van der Waals surface area contributed by atoms with Crippen molar-refractivity contribution in [2.75, 3.05) is 46.8 Å². The molecular formula is C22H40N4O2. The molecule has 2 amide bonds. The van der Waals surface area contributed by atoms with E-state index in [9.17, 15) is 9.59 Å². The minimum atomic E-state index is 0.0406. The van der Waals surface area contributed by atoms with Crippen LogP contribution in [0.15, 0.2) is 12.2 Å². The van der Waals surface area contributed by atoms with E-state index in [1.807, 2.05) is 11.8 Å². The van der Waals surface area contributed by atoms with Gasteiger partial charge in [-0.25, -0.2) is 4.79 Å². The number of rotatable bonds is 9. The fourth-order valence-corrected chi connectivity index (χ4v) is 4.63. The monoisotopic (exact) mass is 392 g/mol. The molecule has 1 saturated heterocycles. The third-order valence-electron chi connectivity index (χ3n) is 6.14. The van der Waals surface area contributed by atoms with Gasteiger partial charge in [0.15, 0.2) is 5.78 Å². The molecule has 0 aromatic heterocycles. The number of hydrogen-bond acceptors (Lipinski definition) is 4. The number of nitrogens with zero attached hydrogens (tertiary/aromatic N) is 3. The average Bonchev–Trinajstić information content (AvgIpc) is 2.63. The number of urea groups is 1. The van der Waals surface area contributed by atoms with Crippen LogP contribution in [0.4, 0.5) is 4.79 Å². The predicted octanol–water partition coefficient (Wildman–Crippen LogP) is 2.75. The lowest BCUT2D eigenvalue weighted by Gasteiger charge is -2.47.